The van der Waals surface area contributed by atoms with Crippen LogP contribution < -0.4 is 5.73 Å². The fraction of sp³-hybridized carbons (Fsp3) is 0.692. The molecule has 1 fully saturated rings. The van der Waals surface area contributed by atoms with Crippen molar-refractivity contribution < 1.29 is 0 Å². The first-order valence-electron chi connectivity index (χ1n) is 6.23. The minimum Gasteiger partial charge on any atom is -0.329 e. The summed E-state index contributed by atoms with van der Waals surface area (Å²) >= 11 is 1.83. The van der Waals surface area contributed by atoms with Gasteiger partial charge < -0.3 is 5.73 Å². The highest BCUT2D eigenvalue weighted by Gasteiger charge is 2.32. The van der Waals surface area contributed by atoms with Crippen molar-refractivity contribution in [3.05, 3.63) is 22.4 Å². The van der Waals surface area contributed by atoms with Crippen molar-refractivity contribution >= 4 is 11.3 Å². The third-order valence-electron chi connectivity index (χ3n) is 3.61. The van der Waals surface area contributed by atoms with Gasteiger partial charge in [-0.05, 0) is 36.8 Å². The molecular formula is C13H22N2S. The number of nitrogens with two attached hydrogens (primary N) is 1. The lowest BCUT2D eigenvalue weighted by molar-refractivity contribution is 0.151. The molecule has 2 atom stereocenters. The lowest BCUT2D eigenvalue weighted by atomic mass is 10.0. The predicted molar refractivity (Wildman–Crippen MR) is 70.7 cm³/mol. The number of nitrogens with zero attached hydrogens (tertiary/aromatic N) is 1. The zero-order valence-electron chi connectivity index (χ0n) is 10.2. The van der Waals surface area contributed by atoms with Crippen LogP contribution >= 0.6 is 11.3 Å². The number of rotatable bonds is 4. The highest BCUT2D eigenvalue weighted by Crippen LogP contribution is 2.33. The zero-order chi connectivity index (χ0) is 11.5. The van der Waals surface area contributed by atoms with E-state index in [1.54, 1.807) is 0 Å². The van der Waals surface area contributed by atoms with Gasteiger partial charge in [0.1, 0.15) is 0 Å². The van der Waals surface area contributed by atoms with Crippen LogP contribution in [0.25, 0.3) is 0 Å². The van der Waals surface area contributed by atoms with Gasteiger partial charge in [0.25, 0.3) is 0 Å². The molecule has 1 aromatic heterocycles. The SMILES string of the molecule is CC(C)C1CCCN1C(CN)c1cccs1. The quantitative estimate of drug-likeness (QED) is 0.874. The summed E-state index contributed by atoms with van der Waals surface area (Å²) in [5, 5.41) is 2.15. The zero-order valence-corrected chi connectivity index (χ0v) is 11.0. The molecule has 1 aliphatic heterocycles. The van der Waals surface area contributed by atoms with Crippen LogP contribution in [0.2, 0.25) is 0 Å². The molecule has 16 heavy (non-hydrogen) atoms. The summed E-state index contributed by atoms with van der Waals surface area (Å²) in [7, 11) is 0. The first kappa shape index (κ1) is 12.1. The molecule has 2 nitrogen and oxygen atoms in total. The molecule has 0 bridgehead atoms. The summed E-state index contributed by atoms with van der Waals surface area (Å²) in [4.78, 5) is 4.05. The second kappa shape index (κ2) is 5.30. The molecule has 1 saturated heterocycles. The minimum atomic E-state index is 0.440. The summed E-state index contributed by atoms with van der Waals surface area (Å²) in [5.74, 6) is 0.733. The van der Waals surface area contributed by atoms with Gasteiger partial charge in [0.15, 0.2) is 0 Å². The molecule has 0 spiro atoms. The van der Waals surface area contributed by atoms with E-state index in [0.717, 1.165) is 18.5 Å². The molecule has 1 aromatic rings. The fourth-order valence-corrected chi connectivity index (χ4v) is 3.67. The smallest absolute Gasteiger partial charge is 0.0566 e. The molecule has 0 radical (unpaired) electrons. The van der Waals surface area contributed by atoms with E-state index in [0.29, 0.717) is 6.04 Å². The Hall–Kier alpha value is -0.380. The average molecular weight is 238 g/mol. The highest BCUT2D eigenvalue weighted by atomic mass is 32.1. The molecule has 3 heteroatoms. The van der Waals surface area contributed by atoms with Crippen molar-refractivity contribution in [1.29, 1.82) is 0 Å². The van der Waals surface area contributed by atoms with Crippen LogP contribution in [0.5, 0.6) is 0 Å². The molecule has 2 N–H and O–H groups in total. The summed E-state index contributed by atoms with van der Waals surface area (Å²) in [6.45, 7) is 6.60. The number of likely N-dealkylation sites (tertiary alicyclic amines) is 1. The Bertz CT molecular complexity index is 308. The van der Waals surface area contributed by atoms with Crippen LogP contribution in [0.4, 0.5) is 0 Å². The average Bonchev–Trinajstić information content (AvgIpc) is 2.88. The van der Waals surface area contributed by atoms with Gasteiger partial charge >= 0.3 is 0 Å². The van der Waals surface area contributed by atoms with Crippen molar-refractivity contribution in [3.63, 3.8) is 0 Å². The van der Waals surface area contributed by atoms with Crippen molar-refractivity contribution in [1.82, 2.24) is 4.90 Å². The Labute approximate surface area is 102 Å². The Morgan fingerprint density at radius 3 is 2.94 bits per heavy atom. The van der Waals surface area contributed by atoms with Crippen molar-refractivity contribution in [2.75, 3.05) is 13.1 Å². The van der Waals surface area contributed by atoms with E-state index in [1.807, 2.05) is 11.3 Å². The molecule has 0 amide bonds. The monoisotopic (exact) mass is 238 g/mol. The number of thiophene rings is 1. The Morgan fingerprint density at radius 2 is 2.38 bits per heavy atom. The van der Waals surface area contributed by atoms with E-state index >= 15 is 0 Å². The summed E-state index contributed by atoms with van der Waals surface area (Å²) in [6, 6.07) is 5.51. The van der Waals surface area contributed by atoms with Gasteiger partial charge in [-0.15, -0.1) is 11.3 Å². The molecule has 1 aliphatic rings. The van der Waals surface area contributed by atoms with Crippen LogP contribution in [0, 0.1) is 5.92 Å². The van der Waals surface area contributed by atoms with Crippen LogP contribution in [0.3, 0.4) is 0 Å². The molecule has 0 aliphatic carbocycles. The lowest BCUT2D eigenvalue weighted by Gasteiger charge is -2.34. The Kier molecular flexibility index (Phi) is 4.00. The van der Waals surface area contributed by atoms with E-state index in [9.17, 15) is 0 Å². The highest BCUT2D eigenvalue weighted by molar-refractivity contribution is 7.10. The van der Waals surface area contributed by atoms with E-state index in [-0.39, 0.29) is 0 Å². The molecule has 2 heterocycles. The minimum absolute atomic E-state index is 0.440. The van der Waals surface area contributed by atoms with Crippen LogP contribution in [0.1, 0.15) is 37.6 Å². The third-order valence-corrected chi connectivity index (χ3v) is 4.58. The first-order valence-corrected chi connectivity index (χ1v) is 7.11. The van der Waals surface area contributed by atoms with E-state index < -0.39 is 0 Å². The van der Waals surface area contributed by atoms with Gasteiger partial charge in [0.05, 0.1) is 6.04 Å². The topological polar surface area (TPSA) is 29.3 Å². The standard InChI is InChI=1S/C13H22N2S/c1-10(2)11-5-3-7-15(11)12(9-14)13-6-4-8-16-13/h4,6,8,10-12H,3,5,7,9,14H2,1-2H3. The van der Waals surface area contributed by atoms with Gasteiger partial charge in [0.2, 0.25) is 0 Å². The van der Waals surface area contributed by atoms with Gasteiger partial charge in [-0.1, -0.05) is 19.9 Å². The maximum Gasteiger partial charge on any atom is 0.0566 e. The molecule has 90 valence electrons. The summed E-state index contributed by atoms with van der Waals surface area (Å²) in [5.41, 5.74) is 5.97. The Morgan fingerprint density at radius 1 is 1.56 bits per heavy atom. The van der Waals surface area contributed by atoms with Crippen molar-refractivity contribution in [2.24, 2.45) is 11.7 Å². The third kappa shape index (κ3) is 2.31. The van der Waals surface area contributed by atoms with Gasteiger partial charge in [-0.25, -0.2) is 0 Å². The van der Waals surface area contributed by atoms with Crippen LogP contribution in [-0.2, 0) is 0 Å². The van der Waals surface area contributed by atoms with E-state index in [1.165, 1.54) is 24.3 Å². The summed E-state index contributed by atoms with van der Waals surface area (Å²) < 4.78 is 0. The normalized spacial score (nSPS) is 24.1. The first-order chi connectivity index (χ1) is 7.74. The molecule has 0 saturated carbocycles. The van der Waals surface area contributed by atoms with E-state index in [4.69, 9.17) is 5.73 Å². The predicted octanol–water partition coefficient (Wildman–Crippen LogP) is 2.87. The molecule has 2 rings (SSSR count). The van der Waals surface area contributed by atoms with Crippen LogP contribution in [0.15, 0.2) is 17.5 Å². The number of hydrogen-bond donors (Lipinski definition) is 1. The second-order valence-electron chi connectivity index (χ2n) is 4.96. The number of hydrogen-bond acceptors (Lipinski definition) is 3. The lowest BCUT2D eigenvalue weighted by Crippen LogP contribution is -2.39. The van der Waals surface area contributed by atoms with Gasteiger partial charge in [0, 0.05) is 17.5 Å². The van der Waals surface area contributed by atoms with Crippen LogP contribution in [-0.4, -0.2) is 24.0 Å². The molecule has 0 aromatic carbocycles. The molecule has 2 unspecified atom stereocenters. The molecular weight excluding hydrogens is 216 g/mol. The van der Waals surface area contributed by atoms with Gasteiger partial charge in [-0.2, -0.15) is 0 Å². The maximum absolute atomic E-state index is 5.97. The maximum atomic E-state index is 5.97. The summed E-state index contributed by atoms with van der Waals surface area (Å²) in [6.07, 6.45) is 2.66. The Balaban J connectivity index is 2.15. The van der Waals surface area contributed by atoms with E-state index in [2.05, 4.69) is 36.3 Å². The van der Waals surface area contributed by atoms with Gasteiger partial charge in [-0.3, -0.25) is 4.90 Å². The fourth-order valence-electron chi connectivity index (χ4n) is 2.81. The van der Waals surface area contributed by atoms with Crippen molar-refractivity contribution in [3.8, 4) is 0 Å². The van der Waals surface area contributed by atoms with Crippen molar-refractivity contribution in [2.45, 2.75) is 38.8 Å². The second-order valence-corrected chi connectivity index (χ2v) is 5.94. The largest absolute Gasteiger partial charge is 0.329 e.